The molecule has 1 aliphatic rings. The Bertz CT molecular complexity index is 1260. The van der Waals surface area contributed by atoms with Gasteiger partial charge in [-0.15, -0.1) is 6.42 Å². The summed E-state index contributed by atoms with van der Waals surface area (Å²) in [4.78, 5) is 0. The molecule has 0 saturated heterocycles. The Hall–Kier alpha value is -4.11. The number of hydrogen-bond acceptors (Lipinski definition) is 5. The van der Waals surface area contributed by atoms with Crippen molar-refractivity contribution in [2.24, 2.45) is 0 Å². The summed E-state index contributed by atoms with van der Waals surface area (Å²) in [5.41, 5.74) is 5.45. The maximum absolute atomic E-state index is 6.07. The molecule has 4 rings (SSSR count). The molecule has 156 valence electrons. The second kappa shape index (κ2) is 8.72. The molecule has 31 heavy (non-hydrogen) atoms. The number of fused-ring (bicyclic) bond motifs is 1. The van der Waals surface area contributed by atoms with Gasteiger partial charge in [-0.05, 0) is 37.3 Å². The Morgan fingerprint density at radius 3 is 2.74 bits per heavy atom. The Morgan fingerprint density at radius 2 is 2.00 bits per heavy atom. The molecule has 0 unspecified atom stereocenters. The first kappa shape index (κ1) is 20.2. The molecule has 2 heterocycles. The number of para-hydroxylation sites is 2. The fourth-order valence-corrected chi connectivity index (χ4v) is 3.53. The minimum Gasteiger partial charge on any atom is -0.493 e. The molecule has 0 atom stereocenters. The van der Waals surface area contributed by atoms with Crippen LogP contribution in [0.25, 0.3) is 5.52 Å². The normalized spacial score (nSPS) is 13.1. The van der Waals surface area contributed by atoms with Crippen LogP contribution in [0.1, 0.15) is 17.5 Å². The SMILES string of the molecule is C#Cc1cnn2cc(NC)c(C)c2c1NC1=CC=C(Oc2ccccc2OC)CC=C1. The monoisotopic (exact) mass is 412 g/mol. The molecule has 0 fully saturated rings. The number of hydrogen-bond donors (Lipinski definition) is 2. The third-order valence-electron chi connectivity index (χ3n) is 5.13. The van der Waals surface area contributed by atoms with Crippen LogP contribution in [0.15, 0.2) is 72.4 Å². The first-order chi connectivity index (χ1) is 15.1. The van der Waals surface area contributed by atoms with Crippen molar-refractivity contribution in [3.63, 3.8) is 0 Å². The predicted molar refractivity (Wildman–Crippen MR) is 125 cm³/mol. The van der Waals surface area contributed by atoms with Crippen LogP contribution in [0.5, 0.6) is 11.5 Å². The third kappa shape index (κ3) is 3.99. The van der Waals surface area contributed by atoms with Crippen molar-refractivity contribution in [1.82, 2.24) is 9.61 Å². The van der Waals surface area contributed by atoms with Gasteiger partial charge in [0, 0.05) is 24.7 Å². The lowest BCUT2D eigenvalue weighted by Gasteiger charge is -2.12. The van der Waals surface area contributed by atoms with E-state index in [1.54, 1.807) is 13.3 Å². The molecule has 6 heteroatoms. The summed E-state index contributed by atoms with van der Waals surface area (Å²) in [6.45, 7) is 2.05. The van der Waals surface area contributed by atoms with Gasteiger partial charge in [-0.1, -0.05) is 24.1 Å². The largest absolute Gasteiger partial charge is 0.493 e. The fourth-order valence-electron chi connectivity index (χ4n) is 3.53. The fraction of sp³-hybridized carbons (Fsp3) is 0.160. The van der Waals surface area contributed by atoms with Crippen molar-refractivity contribution in [1.29, 1.82) is 0 Å². The number of nitrogens with zero attached hydrogens (tertiary/aromatic N) is 2. The van der Waals surface area contributed by atoms with Crippen molar-refractivity contribution in [3.05, 3.63) is 83.5 Å². The van der Waals surface area contributed by atoms with Gasteiger partial charge in [0.1, 0.15) is 5.76 Å². The van der Waals surface area contributed by atoms with Crippen LogP contribution < -0.4 is 20.1 Å². The predicted octanol–water partition coefficient (Wildman–Crippen LogP) is 4.89. The van der Waals surface area contributed by atoms with Gasteiger partial charge in [0.2, 0.25) is 0 Å². The summed E-state index contributed by atoms with van der Waals surface area (Å²) in [6, 6.07) is 7.60. The van der Waals surface area contributed by atoms with Gasteiger partial charge < -0.3 is 20.1 Å². The van der Waals surface area contributed by atoms with E-state index in [0.29, 0.717) is 23.5 Å². The molecule has 2 aromatic heterocycles. The summed E-state index contributed by atoms with van der Waals surface area (Å²) in [5.74, 6) is 4.93. The Labute approximate surface area is 181 Å². The first-order valence-corrected chi connectivity index (χ1v) is 9.95. The summed E-state index contributed by atoms with van der Waals surface area (Å²) < 4.78 is 13.3. The zero-order valence-corrected chi connectivity index (χ0v) is 17.8. The number of aryl methyl sites for hydroxylation is 1. The summed E-state index contributed by atoms with van der Waals surface area (Å²) in [5, 5.41) is 11.1. The average Bonchev–Trinajstić information content (AvgIpc) is 2.96. The van der Waals surface area contributed by atoms with E-state index < -0.39 is 0 Å². The molecule has 0 bridgehead atoms. The molecule has 0 amide bonds. The summed E-state index contributed by atoms with van der Waals surface area (Å²) in [7, 11) is 3.52. The molecular weight excluding hydrogens is 388 g/mol. The van der Waals surface area contributed by atoms with Gasteiger partial charge >= 0.3 is 0 Å². The van der Waals surface area contributed by atoms with Gasteiger partial charge in [0.05, 0.1) is 42.0 Å². The quantitative estimate of drug-likeness (QED) is 0.565. The van der Waals surface area contributed by atoms with Crippen molar-refractivity contribution >= 4 is 16.9 Å². The lowest BCUT2D eigenvalue weighted by molar-refractivity contribution is 0.357. The lowest BCUT2D eigenvalue weighted by Crippen LogP contribution is -2.04. The third-order valence-corrected chi connectivity index (χ3v) is 5.13. The minimum absolute atomic E-state index is 0.654. The van der Waals surface area contributed by atoms with Gasteiger partial charge in [-0.25, -0.2) is 4.52 Å². The maximum atomic E-state index is 6.07. The molecule has 0 radical (unpaired) electrons. The summed E-state index contributed by atoms with van der Waals surface area (Å²) >= 11 is 0. The standard InChI is InChI=1S/C25H24N4O2/c1-5-18-15-27-29-16-21(26-3)17(2)25(29)24(18)28-19-9-8-10-20(14-13-19)31-23-12-7-6-11-22(23)30-4/h1,6-9,11-16,26,28H,10H2,2-4H3. The molecule has 0 aliphatic heterocycles. The highest BCUT2D eigenvalue weighted by Gasteiger charge is 2.15. The van der Waals surface area contributed by atoms with E-state index in [-0.39, 0.29) is 0 Å². The van der Waals surface area contributed by atoms with Crippen molar-refractivity contribution < 1.29 is 9.47 Å². The number of ether oxygens (including phenoxy) is 2. The van der Waals surface area contributed by atoms with Gasteiger partial charge in [0.15, 0.2) is 11.5 Å². The number of nitrogens with one attached hydrogen (secondary N) is 2. The van der Waals surface area contributed by atoms with Crippen LogP contribution in [0, 0.1) is 19.3 Å². The second-order valence-electron chi connectivity index (χ2n) is 7.03. The Morgan fingerprint density at radius 1 is 1.19 bits per heavy atom. The zero-order valence-electron chi connectivity index (χ0n) is 17.8. The molecule has 1 aliphatic carbocycles. The van der Waals surface area contributed by atoms with Crippen LogP contribution in [0.4, 0.5) is 11.4 Å². The molecular formula is C25H24N4O2. The van der Waals surface area contributed by atoms with E-state index in [9.17, 15) is 0 Å². The number of methoxy groups -OCH3 is 1. The number of benzene rings is 1. The van der Waals surface area contributed by atoms with Crippen LogP contribution in [0.3, 0.4) is 0 Å². The number of aromatic nitrogens is 2. The van der Waals surface area contributed by atoms with Gasteiger partial charge in [-0.2, -0.15) is 5.10 Å². The lowest BCUT2D eigenvalue weighted by atomic mass is 10.1. The second-order valence-corrected chi connectivity index (χ2v) is 7.03. The van der Waals surface area contributed by atoms with E-state index in [4.69, 9.17) is 15.9 Å². The number of rotatable bonds is 6. The molecule has 2 N–H and O–H groups in total. The van der Waals surface area contributed by atoms with Crippen LogP contribution in [0.2, 0.25) is 0 Å². The Kier molecular flexibility index (Phi) is 5.67. The van der Waals surface area contributed by atoms with Crippen LogP contribution in [-0.4, -0.2) is 23.8 Å². The van der Waals surface area contributed by atoms with E-state index in [1.165, 1.54) is 0 Å². The first-order valence-electron chi connectivity index (χ1n) is 9.95. The zero-order chi connectivity index (χ0) is 21.8. The van der Waals surface area contributed by atoms with Crippen LogP contribution >= 0.6 is 0 Å². The number of anilines is 2. The highest BCUT2D eigenvalue weighted by Crippen LogP contribution is 2.32. The number of allylic oxidation sites excluding steroid dienone is 4. The molecule has 1 aromatic carbocycles. The maximum Gasteiger partial charge on any atom is 0.168 e. The van der Waals surface area contributed by atoms with Crippen molar-refractivity contribution in [2.45, 2.75) is 13.3 Å². The van der Waals surface area contributed by atoms with Gasteiger partial charge in [0.25, 0.3) is 0 Å². The molecule has 0 saturated carbocycles. The van der Waals surface area contributed by atoms with E-state index >= 15 is 0 Å². The molecule has 6 nitrogen and oxygen atoms in total. The smallest absolute Gasteiger partial charge is 0.168 e. The van der Waals surface area contributed by atoms with Crippen LogP contribution in [-0.2, 0) is 0 Å². The topological polar surface area (TPSA) is 59.8 Å². The van der Waals surface area contributed by atoms with E-state index in [0.717, 1.165) is 33.9 Å². The average molecular weight is 412 g/mol. The van der Waals surface area contributed by atoms with E-state index in [2.05, 4.69) is 21.7 Å². The highest BCUT2D eigenvalue weighted by atomic mass is 16.5. The van der Waals surface area contributed by atoms with E-state index in [1.807, 2.05) is 73.3 Å². The Balaban J connectivity index is 1.66. The van der Waals surface area contributed by atoms with Crippen molar-refractivity contribution in [3.8, 4) is 23.8 Å². The van der Waals surface area contributed by atoms with Gasteiger partial charge in [-0.3, -0.25) is 0 Å². The highest BCUT2D eigenvalue weighted by molar-refractivity contribution is 5.86. The minimum atomic E-state index is 0.654. The summed E-state index contributed by atoms with van der Waals surface area (Å²) in [6.07, 6.45) is 18.1. The van der Waals surface area contributed by atoms with Crippen molar-refractivity contribution in [2.75, 3.05) is 24.8 Å². The number of terminal acetylenes is 1. The molecule has 0 spiro atoms. The molecule has 3 aromatic rings.